The molecule has 3 unspecified atom stereocenters. The van der Waals surface area contributed by atoms with E-state index in [-0.39, 0.29) is 5.54 Å². The highest BCUT2D eigenvalue weighted by atomic mass is 16.5. The van der Waals surface area contributed by atoms with Crippen LogP contribution in [0.2, 0.25) is 0 Å². The second-order valence-electron chi connectivity index (χ2n) is 7.61. The Morgan fingerprint density at radius 1 is 1.32 bits per heavy atom. The zero-order valence-corrected chi connectivity index (χ0v) is 13.2. The van der Waals surface area contributed by atoms with Crippen molar-refractivity contribution >= 4 is 0 Å². The minimum atomic E-state index is 0.200. The highest BCUT2D eigenvalue weighted by Crippen LogP contribution is 2.47. The number of nitrogens with two attached hydrogens (primary N) is 1. The molecule has 3 nitrogen and oxygen atoms in total. The first-order valence-electron chi connectivity index (χ1n) is 7.97. The molecule has 0 aromatic carbocycles. The third kappa shape index (κ3) is 3.14. The molecular weight excluding hydrogens is 236 g/mol. The van der Waals surface area contributed by atoms with Crippen LogP contribution in [-0.2, 0) is 4.74 Å². The van der Waals surface area contributed by atoms with E-state index in [0.29, 0.717) is 11.5 Å². The van der Waals surface area contributed by atoms with E-state index < -0.39 is 0 Å². The molecule has 1 saturated heterocycles. The second-order valence-corrected chi connectivity index (χ2v) is 7.61. The van der Waals surface area contributed by atoms with Crippen molar-refractivity contribution in [2.24, 2.45) is 17.1 Å². The molecule has 0 amide bonds. The molecule has 3 heteroatoms. The lowest BCUT2D eigenvalue weighted by Gasteiger charge is -2.56. The van der Waals surface area contributed by atoms with Gasteiger partial charge in [-0.25, -0.2) is 0 Å². The van der Waals surface area contributed by atoms with Crippen molar-refractivity contribution in [3.8, 4) is 0 Å². The summed E-state index contributed by atoms with van der Waals surface area (Å²) >= 11 is 0. The van der Waals surface area contributed by atoms with Crippen molar-refractivity contribution in [1.29, 1.82) is 0 Å². The fraction of sp³-hybridized carbons (Fsp3) is 1.00. The van der Waals surface area contributed by atoms with Crippen LogP contribution in [0, 0.1) is 11.3 Å². The molecule has 19 heavy (non-hydrogen) atoms. The molecule has 2 rings (SSSR count). The molecule has 0 radical (unpaired) electrons. The van der Waals surface area contributed by atoms with Crippen LogP contribution in [0.15, 0.2) is 0 Å². The third-order valence-electron chi connectivity index (χ3n) is 5.13. The topological polar surface area (TPSA) is 38.5 Å². The third-order valence-corrected chi connectivity index (χ3v) is 5.13. The number of hydrogen-bond donors (Lipinski definition) is 1. The quantitative estimate of drug-likeness (QED) is 0.855. The van der Waals surface area contributed by atoms with Crippen molar-refractivity contribution < 1.29 is 4.74 Å². The van der Waals surface area contributed by atoms with E-state index in [1.807, 2.05) is 0 Å². The molecule has 0 bridgehead atoms. The summed E-state index contributed by atoms with van der Waals surface area (Å²) in [6.45, 7) is 13.1. The van der Waals surface area contributed by atoms with Gasteiger partial charge in [0, 0.05) is 24.7 Å². The van der Waals surface area contributed by atoms with Gasteiger partial charge in [0.15, 0.2) is 0 Å². The van der Waals surface area contributed by atoms with Gasteiger partial charge < -0.3 is 10.5 Å². The maximum atomic E-state index is 6.29. The lowest BCUT2D eigenvalue weighted by molar-refractivity contribution is -0.0986. The Labute approximate surface area is 118 Å². The molecule has 2 N–H and O–H groups in total. The summed E-state index contributed by atoms with van der Waals surface area (Å²) in [7, 11) is 0. The molecule has 1 aliphatic heterocycles. The van der Waals surface area contributed by atoms with Gasteiger partial charge in [0.25, 0.3) is 0 Å². The number of nitrogens with zero attached hydrogens (tertiary/aromatic N) is 1. The van der Waals surface area contributed by atoms with Crippen LogP contribution >= 0.6 is 0 Å². The van der Waals surface area contributed by atoms with E-state index in [9.17, 15) is 0 Å². The lowest BCUT2D eigenvalue weighted by atomic mass is 9.63. The Balaban J connectivity index is 2.24. The molecule has 1 saturated carbocycles. The highest BCUT2D eigenvalue weighted by molar-refractivity contribution is 5.03. The zero-order chi connectivity index (χ0) is 14.1. The van der Waals surface area contributed by atoms with Crippen molar-refractivity contribution in [3.05, 3.63) is 0 Å². The standard InChI is InChI=1S/C16H32N2O/c1-5-14-10-19-7-6-18(14)16(12-17)9-13(2)8-15(3,4)11-16/h13-14H,5-12,17H2,1-4H3. The molecule has 0 aromatic rings. The summed E-state index contributed by atoms with van der Waals surface area (Å²) in [4.78, 5) is 2.70. The summed E-state index contributed by atoms with van der Waals surface area (Å²) in [6.07, 6.45) is 4.98. The Morgan fingerprint density at radius 2 is 2.05 bits per heavy atom. The normalized spacial score (nSPS) is 40.3. The number of ether oxygens (including phenoxy) is 1. The molecule has 0 spiro atoms. The van der Waals surface area contributed by atoms with Gasteiger partial charge in [0.2, 0.25) is 0 Å². The Bertz CT molecular complexity index is 305. The van der Waals surface area contributed by atoms with Gasteiger partial charge in [0.1, 0.15) is 0 Å². The van der Waals surface area contributed by atoms with Crippen LogP contribution in [0.3, 0.4) is 0 Å². The largest absolute Gasteiger partial charge is 0.378 e. The minimum absolute atomic E-state index is 0.200. The van der Waals surface area contributed by atoms with Crippen molar-refractivity contribution in [1.82, 2.24) is 4.90 Å². The van der Waals surface area contributed by atoms with Crippen molar-refractivity contribution in [2.45, 2.75) is 65.0 Å². The van der Waals surface area contributed by atoms with Gasteiger partial charge in [-0.3, -0.25) is 4.90 Å². The molecular formula is C16H32N2O. The number of morpholine rings is 1. The Kier molecular flexibility index (Phi) is 4.59. The molecule has 3 atom stereocenters. The molecule has 1 heterocycles. The van der Waals surface area contributed by atoms with E-state index >= 15 is 0 Å². The predicted molar refractivity (Wildman–Crippen MR) is 80.2 cm³/mol. The lowest BCUT2D eigenvalue weighted by Crippen LogP contribution is -2.64. The first kappa shape index (κ1) is 15.3. The summed E-state index contributed by atoms with van der Waals surface area (Å²) in [6, 6.07) is 0.554. The first-order valence-corrected chi connectivity index (χ1v) is 7.97. The monoisotopic (exact) mass is 268 g/mol. The molecule has 112 valence electrons. The van der Waals surface area contributed by atoms with Gasteiger partial charge >= 0.3 is 0 Å². The van der Waals surface area contributed by atoms with Crippen LogP contribution in [0.4, 0.5) is 0 Å². The number of hydrogen-bond acceptors (Lipinski definition) is 3. The highest BCUT2D eigenvalue weighted by Gasteiger charge is 2.47. The Morgan fingerprint density at radius 3 is 2.63 bits per heavy atom. The van der Waals surface area contributed by atoms with Gasteiger partial charge in [-0.05, 0) is 37.0 Å². The molecule has 2 aliphatic rings. The maximum absolute atomic E-state index is 6.29. The van der Waals surface area contributed by atoms with Crippen molar-refractivity contribution in [2.75, 3.05) is 26.3 Å². The van der Waals surface area contributed by atoms with Gasteiger partial charge in [0.05, 0.1) is 13.2 Å². The van der Waals surface area contributed by atoms with Crippen LogP contribution in [0.25, 0.3) is 0 Å². The van der Waals surface area contributed by atoms with E-state index in [2.05, 4.69) is 32.6 Å². The van der Waals surface area contributed by atoms with Crippen LogP contribution < -0.4 is 5.73 Å². The first-order chi connectivity index (χ1) is 8.92. The second kappa shape index (κ2) is 5.71. The predicted octanol–water partition coefficient (Wildman–Crippen LogP) is 2.64. The summed E-state index contributed by atoms with van der Waals surface area (Å²) in [5, 5.41) is 0. The van der Waals surface area contributed by atoms with E-state index in [1.165, 1.54) is 19.3 Å². The van der Waals surface area contributed by atoms with Crippen LogP contribution in [-0.4, -0.2) is 42.8 Å². The minimum Gasteiger partial charge on any atom is -0.378 e. The summed E-state index contributed by atoms with van der Waals surface area (Å²) in [5.74, 6) is 0.771. The number of rotatable bonds is 3. The smallest absolute Gasteiger partial charge is 0.0622 e. The Hall–Kier alpha value is -0.120. The van der Waals surface area contributed by atoms with Gasteiger partial charge in [-0.2, -0.15) is 0 Å². The van der Waals surface area contributed by atoms with Crippen LogP contribution in [0.1, 0.15) is 53.4 Å². The average molecular weight is 268 g/mol. The fourth-order valence-electron chi connectivity index (χ4n) is 4.81. The van der Waals surface area contributed by atoms with Gasteiger partial charge in [-0.1, -0.05) is 27.7 Å². The van der Waals surface area contributed by atoms with Crippen LogP contribution in [0.5, 0.6) is 0 Å². The SMILES string of the molecule is CCC1COCCN1C1(CN)CC(C)CC(C)(C)C1. The summed E-state index contributed by atoms with van der Waals surface area (Å²) < 4.78 is 5.68. The van der Waals surface area contributed by atoms with E-state index in [4.69, 9.17) is 10.5 Å². The van der Waals surface area contributed by atoms with E-state index in [1.54, 1.807) is 0 Å². The molecule has 0 aromatic heterocycles. The molecule has 2 fully saturated rings. The summed E-state index contributed by atoms with van der Waals surface area (Å²) in [5.41, 5.74) is 6.90. The van der Waals surface area contributed by atoms with Crippen molar-refractivity contribution in [3.63, 3.8) is 0 Å². The van der Waals surface area contributed by atoms with E-state index in [0.717, 1.165) is 38.6 Å². The molecule has 1 aliphatic carbocycles. The fourth-order valence-corrected chi connectivity index (χ4v) is 4.81. The zero-order valence-electron chi connectivity index (χ0n) is 13.2. The maximum Gasteiger partial charge on any atom is 0.0622 e. The average Bonchev–Trinajstić information content (AvgIpc) is 2.36. The van der Waals surface area contributed by atoms with Gasteiger partial charge in [-0.15, -0.1) is 0 Å².